The van der Waals surface area contributed by atoms with E-state index >= 15 is 0 Å². The first-order valence-corrected chi connectivity index (χ1v) is 5.61. The molecule has 0 radical (unpaired) electrons. The summed E-state index contributed by atoms with van der Waals surface area (Å²) in [6.45, 7) is 2.02. The van der Waals surface area contributed by atoms with Crippen molar-refractivity contribution in [2.24, 2.45) is 11.3 Å². The van der Waals surface area contributed by atoms with Crippen LogP contribution in [0.1, 0.15) is 25.7 Å². The third-order valence-electron chi connectivity index (χ3n) is 2.70. The van der Waals surface area contributed by atoms with Gasteiger partial charge < -0.3 is 4.74 Å². The number of rotatable bonds is 5. The summed E-state index contributed by atoms with van der Waals surface area (Å²) in [7, 11) is 0. The first kappa shape index (κ1) is 8.06. The average Bonchev–Trinajstić information content (AvgIpc) is 2.80. The van der Waals surface area contributed by atoms with Crippen molar-refractivity contribution in [2.45, 2.75) is 25.7 Å². The van der Waals surface area contributed by atoms with E-state index in [1.807, 2.05) is 0 Å². The Morgan fingerprint density at radius 1 is 1.36 bits per heavy atom. The van der Waals surface area contributed by atoms with Gasteiger partial charge in [-0.1, -0.05) is 15.9 Å². The minimum atomic E-state index is 0.550. The van der Waals surface area contributed by atoms with Gasteiger partial charge in [0.15, 0.2) is 0 Å². The maximum atomic E-state index is 5.65. The number of ether oxygens (including phenoxy) is 1. The van der Waals surface area contributed by atoms with Crippen LogP contribution in [0.3, 0.4) is 0 Å². The van der Waals surface area contributed by atoms with Crippen molar-refractivity contribution in [1.29, 1.82) is 0 Å². The molecular formula is C9H15BrO. The first-order chi connectivity index (χ1) is 5.35. The zero-order valence-electron chi connectivity index (χ0n) is 6.81. The second-order valence-corrected chi connectivity index (χ2v) is 4.65. The predicted octanol–water partition coefficient (Wildman–Crippen LogP) is 2.59. The molecule has 2 heteroatoms. The molecule has 0 aliphatic heterocycles. The maximum absolute atomic E-state index is 5.65. The summed E-state index contributed by atoms with van der Waals surface area (Å²) in [6.07, 6.45) is 5.54. The van der Waals surface area contributed by atoms with E-state index in [1.54, 1.807) is 0 Å². The molecule has 0 heterocycles. The van der Waals surface area contributed by atoms with Crippen LogP contribution in [0.5, 0.6) is 0 Å². The topological polar surface area (TPSA) is 9.23 Å². The van der Waals surface area contributed by atoms with Crippen LogP contribution in [-0.2, 0) is 4.74 Å². The zero-order chi connectivity index (χ0) is 7.73. The van der Waals surface area contributed by atoms with E-state index in [9.17, 15) is 0 Å². The van der Waals surface area contributed by atoms with E-state index < -0.39 is 0 Å². The Hall–Kier alpha value is 0.440. The minimum absolute atomic E-state index is 0.550. The quantitative estimate of drug-likeness (QED) is 0.646. The van der Waals surface area contributed by atoms with Crippen LogP contribution in [0.2, 0.25) is 0 Å². The number of hydrogen-bond donors (Lipinski definition) is 0. The molecule has 2 aliphatic rings. The van der Waals surface area contributed by atoms with Crippen molar-refractivity contribution >= 4 is 15.9 Å². The second-order valence-electron chi connectivity index (χ2n) is 4.09. The highest BCUT2D eigenvalue weighted by atomic mass is 79.9. The Morgan fingerprint density at radius 3 is 2.55 bits per heavy atom. The van der Waals surface area contributed by atoms with E-state index in [2.05, 4.69) is 15.9 Å². The molecule has 0 bridgehead atoms. The Morgan fingerprint density at radius 2 is 2.09 bits per heavy atom. The van der Waals surface area contributed by atoms with Gasteiger partial charge in [0.05, 0.1) is 6.61 Å². The van der Waals surface area contributed by atoms with Crippen molar-refractivity contribution < 1.29 is 4.74 Å². The fourth-order valence-corrected chi connectivity index (χ4v) is 1.94. The third kappa shape index (κ3) is 2.19. The fourth-order valence-electron chi connectivity index (χ4n) is 1.22. The molecule has 0 aromatic heterocycles. The molecule has 0 spiro atoms. The molecule has 0 unspecified atom stereocenters. The summed E-state index contributed by atoms with van der Waals surface area (Å²) in [6, 6.07) is 0. The van der Waals surface area contributed by atoms with Gasteiger partial charge in [0.2, 0.25) is 0 Å². The van der Waals surface area contributed by atoms with Crippen molar-refractivity contribution in [1.82, 2.24) is 0 Å². The number of alkyl halides is 1. The zero-order valence-corrected chi connectivity index (χ0v) is 8.40. The van der Waals surface area contributed by atoms with Crippen molar-refractivity contribution in [3.05, 3.63) is 0 Å². The Kier molecular flexibility index (Phi) is 2.24. The number of halogens is 1. The molecule has 0 N–H and O–H groups in total. The molecule has 0 aromatic rings. The lowest BCUT2D eigenvalue weighted by Crippen LogP contribution is -2.12. The van der Waals surface area contributed by atoms with E-state index in [4.69, 9.17) is 4.74 Å². The van der Waals surface area contributed by atoms with E-state index in [1.165, 1.54) is 25.7 Å². The SMILES string of the molecule is BrCC1(COCC2CC2)CC1. The highest BCUT2D eigenvalue weighted by Gasteiger charge is 2.41. The Labute approximate surface area is 76.6 Å². The van der Waals surface area contributed by atoms with Crippen molar-refractivity contribution in [3.63, 3.8) is 0 Å². The molecular weight excluding hydrogens is 204 g/mol. The highest BCUT2D eigenvalue weighted by molar-refractivity contribution is 9.09. The first-order valence-electron chi connectivity index (χ1n) is 4.48. The van der Waals surface area contributed by atoms with Gasteiger partial charge in [-0.15, -0.1) is 0 Å². The summed E-state index contributed by atoms with van der Waals surface area (Å²) in [5.74, 6) is 0.918. The van der Waals surface area contributed by atoms with Crippen LogP contribution in [-0.4, -0.2) is 18.5 Å². The maximum Gasteiger partial charge on any atom is 0.0530 e. The van der Waals surface area contributed by atoms with Crippen LogP contribution in [0, 0.1) is 11.3 Å². The van der Waals surface area contributed by atoms with Crippen molar-refractivity contribution in [2.75, 3.05) is 18.5 Å². The molecule has 2 fully saturated rings. The van der Waals surface area contributed by atoms with Crippen LogP contribution in [0.25, 0.3) is 0 Å². The van der Waals surface area contributed by atoms with Gasteiger partial charge in [-0.25, -0.2) is 0 Å². The Balaban J connectivity index is 1.58. The smallest absolute Gasteiger partial charge is 0.0530 e. The lowest BCUT2D eigenvalue weighted by atomic mass is 10.2. The fraction of sp³-hybridized carbons (Fsp3) is 1.00. The van der Waals surface area contributed by atoms with Crippen LogP contribution in [0.4, 0.5) is 0 Å². The van der Waals surface area contributed by atoms with Gasteiger partial charge in [-0.05, 0) is 31.6 Å². The third-order valence-corrected chi connectivity index (χ3v) is 3.89. The molecule has 2 saturated carbocycles. The summed E-state index contributed by atoms with van der Waals surface area (Å²) < 4.78 is 5.65. The lowest BCUT2D eigenvalue weighted by Gasteiger charge is -2.10. The molecule has 0 amide bonds. The van der Waals surface area contributed by atoms with Crippen molar-refractivity contribution in [3.8, 4) is 0 Å². The molecule has 2 rings (SSSR count). The van der Waals surface area contributed by atoms with Crippen LogP contribution < -0.4 is 0 Å². The van der Waals surface area contributed by atoms with Gasteiger partial charge >= 0.3 is 0 Å². The summed E-state index contributed by atoms with van der Waals surface area (Å²) in [4.78, 5) is 0. The molecule has 11 heavy (non-hydrogen) atoms. The molecule has 0 atom stereocenters. The second kappa shape index (κ2) is 3.06. The average molecular weight is 219 g/mol. The minimum Gasteiger partial charge on any atom is -0.381 e. The van der Waals surface area contributed by atoms with Gasteiger partial charge in [0.1, 0.15) is 0 Å². The summed E-state index contributed by atoms with van der Waals surface area (Å²) in [5, 5.41) is 1.13. The normalized spacial score (nSPS) is 27.0. The van der Waals surface area contributed by atoms with Gasteiger partial charge in [0.25, 0.3) is 0 Å². The molecule has 64 valence electrons. The van der Waals surface area contributed by atoms with E-state index in [-0.39, 0.29) is 0 Å². The molecule has 0 aromatic carbocycles. The summed E-state index contributed by atoms with van der Waals surface area (Å²) >= 11 is 3.54. The monoisotopic (exact) mass is 218 g/mol. The highest BCUT2D eigenvalue weighted by Crippen LogP contribution is 2.47. The van der Waals surface area contributed by atoms with Gasteiger partial charge in [-0.2, -0.15) is 0 Å². The standard InChI is InChI=1S/C9H15BrO/c10-6-9(3-4-9)7-11-5-8-1-2-8/h8H,1-7H2. The predicted molar refractivity (Wildman–Crippen MR) is 49.0 cm³/mol. The van der Waals surface area contributed by atoms with E-state index in [0.29, 0.717) is 5.41 Å². The number of hydrogen-bond acceptors (Lipinski definition) is 1. The van der Waals surface area contributed by atoms with Crippen LogP contribution in [0.15, 0.2) is 0 Å². The largest absolute Gasteiger partial charge is 0.381 e. The molecule has 1 nitrogen and oxygen atoms in total. The van der Waals surface area contributed by atoms with Gasteiger partial charge in [0, 0.05) is 17.4 Å². The van der Waals surface area contributed by atoms with E-state index in [0.717, 1.165) is 24.5 Å². The van der Waals surface area contributed by atoms with Crippen LogP contribution >= 0.6 is 15.9 Å². The summed E-state index contributed by atoms with van der Waals surface area (Å²) in [5.41, 5.74) is 0.550. The lowest BCUT2D eigenvalue weighted by molar-refractivity contribution is 0.0903. The Bertz CT molecular complexity index is 138. The van der Waals surface area contributed by atoms with Gasteiger partial charge in [-0.3, -0.25) is 0 Å². The molecule has 0 saturated heterocycles. The molecule has 2 aliphatic carbocycles.